The molecule has 0 rings (SSSR count). The summed E-state index contributed by atoms with van der Waals surface area (Å²) in [5.74, 6) is 0. The third kappa shape index (κ3) is 16.2. The molecule has 0 bridgehead atoms. The molecule has 5 heteroatoms. The molecule has 0 aliphatic heterocycles. The Morgan fingerprint density at radius 1 is 0.345 bits per heavy atom. The molecule has 0 aliphatic carbocycles. The van der Waals surface area contributed by atoms with Gasteiger partial charge in [-0.05, 0) is 125 Å². The first-order valence-electron chi connectivity index (χ1n) is 10.7. The molecule has 29 heavy (non-hydrogen) atoms. The second kappa shape index (κ2) is 12.4. The number of rotatable bonds is 0. The number of halogens is 2. The first kappa shape index (κ1) is 35.5. The van der Waals surface area contributed by atoms with Crippen molar-refractivity contribution in [3.8, 4) is 0 Å². The van der Waals surface area contributed by atoms with E-state index < -0.39 is 15.8 Å². The molecule has 0 aliphatic rings. The second-order valence-corrected chi connectivity index (χ2v) is 26.4. The van der Waals surface area contributed by atoms with E-state index in [0.717, 1.165) is 0 Å². The van der Waals surface area contributed by atoms with Crippen LogP contribution in [0.3, 0.4) is 0 Å². The molecule has 0 unspecified atom stereocenters. The van der Waals surface area contributed by atoms with Crippen molar-refractivity contribution in [3.63, 3.8) is 0 Å². The van der Waals surface area contributed by atoms with Crippen molar-refractivity contribution in [2.75, 3.05) is 0 Å². The molecule has 0 heterocycles. The van der Waals surface area contributed by atoms with Crippen LogP contribution in [0.15, 0.2) is 0 Å². The summed E-state index contributed by atoms with van der Waals surface area (Å²) in [6.45, 7) is 43.2. The fraction of sp³-hybridized carbons (Fsp3) is 1.00. The maximum atomic E-state index is 4.70. The van der Waals surface area contributed by atoms with Crippen molar-refractivity contribution in [1.29, 1.82) is 0 Å². The van der Waals surface area contributed by atoms with Gasteiger partial charge in [0.15, 0.2) is 0 Å². The van der Waals surface area contributed by atoms with Crippen LogP contribution >= 0.6 is 36.2 Å². The maximum absolute atomic E-state index is 4.70. The molecule has 0 fully saturated rings. The van der Waals surface area contributed by atoms with Crippen LogP contribution in [0.2, 0.25) is 0 Å². The van der Waals surface area contributed by atoms with E-state index in [4.69, 9.17) is 20.4 Å². The molecule has 0 atom stereocenters. The summed E-state index contributed by atoms with van der Waals surface area (Å²) >= 11 is 0.569. The minimum atomic E-state index is -0.391. The molecule has 184 valence electrons. The Labute approximate surface area is 203 Å². The van der Waals surface area contributed by atoms with Gasteiger partial charge in [0.1, 0.15) is 0 Å². The van der Waals surface area contributed by atoms with Crippen molar-refractivity contribution in [2.24, 2.45) is 0 Å². The predicted molar refractivity (Wildman–Crippen MR) is 147 cm³/mol. The van der Waals surface area contributed by atoms with E-state index in [1.807, 2.05) is 0 Å². The third-order valence-corrected chi connectivity index (χ3v) is 13.5. The van der Waals surface area contributed by atoms with Gasteiger partial charge in [-0.1, -0.05) is 0 Å². The molecule has 0 aromatic heterocycles. The van der Waals surface area contributed by atoms with Gasteiger partial charge in [0, 0.05) is 15.8 Å². The molecule has 0 aromatic carbocycles. The fourth-order valence-electron chi connectivity index (χ4n) is 6.75. The van der Waals surface area contributed by atoms with Crippen molar-refractivity contribution >= 4 is 36.2 Å². The molecule has 0 saturated heterocycles. The van der Waals surface area contributed by atoms with E-state index in [9.17, 15) is 0 Å². The van der Waals surface area contributed by atoms with Crippen LogP contribution < -0.4 is 0 Å². The Balaban J connectivity index is -0.000000410. The van der Waals surface area contributed by atoms with Crippen LogP contribution in [-0.2, 0) is 12.7 Å². The van der Waals surface area contributed by atoms with Crippen molar-refractivity contribution in [3.05, 3.63) is 0 Å². The van der Waals surface area contributed by atoms with E-state index in [1.165, 1.54) is 0 Å². The first-order chi connectivity index (χ1) is 12.1. The quantitative estimate of drug-likeness (QED) is 0.214. The van der Waals surface area contributed by atoms with E-state index in [1.54, 1.807) is 0 Å². The zero-order valence-corrected chi connectivity index (χ0v) is 27.6. The summed E-state index contributed by atoms with van der Waals surface area (Å²) in [5, 5.41) is 2.92. The number of hydrogen-bond donors (Lipinski definition) is 0. The third-order valence-electron chi connectivity index (χ3n) is 4.50. The molecule has 0 saturated carbocycles. The molecule has 0 nitrogen and oxygen atoms in total. The van der Waals surface area contributed by atoms with Gasteiger partial charge in [0.05, 0.1) is 30.9 Å². The Hall–Kier alpha value is 1.93. The molecule has 0 N–H and O–H groups in total. The first-order valence-corrected chi connectivity index (χ1v) is 16.5. The monoisotopic (exact) mass is 534 g/mol. The van der Waals surface area contributed by atoms with Gasteiger partial charge in [-0.3, -0.25) is 0 Å². The summed E-state index contributed by atoms with van der Waals surface area (Å²) in [6.07, 6.45) is 0. The molecule has 0 radical (unpaired) electrons. The summed E-state index contributed by atoms with van der Waals surface area (Å²) in [5.41, 5.74) is 0. The zero-order valence-electron chi connectivity index (χ0n) is 23.1. The van der Waals surface area contributed by atoms with Crippen molar-refractivity contribution < 1.29 is 12.7 Å². The van der Waals surface area contributed by atoms with Gasteiger partial charge in [-0.25, -0.2) is 0 Å². The Kier molecular flexibility index (Phi) is 15.2. The van der Waals surface area contributed by atoms with Crippen LogP contribution in [0, 0.1) is 0 Å². The predicted octanol–water partition coefficient (Wildman–Crippen LogP) is 10.6. The Morgan fingerprint density at radius 3 is 0.414 bits per heavy atom. The van der Waals surface area contributed by atoms with E-state index in [0.29, 0.717) is 43.6 Å². The van der Waals surface area contributed by atoms with Crippen LogP contribution in [0.4, 0.5) is 0 Å². The average molecular weight is 536 g/mol. The Morgan fingerprint density at radius 2 is 0.414 bits per heavy atom. The van der Waals surface area contributed by atoms with Gasteiger partial charge < -0.3 is 0 Å². The van der Waals surface area contributed by atoms with E-state index in [-0.39, 0.29) is 0 Å². The normalized spacial score (nSPS) is 14.4. The van der Waals surface area contributed by atoms with Crippen molar-refractivity contribution in [2.45, 2.75) is 156 Å². The summed E-state index contributed by atoms with van der Waals surface area (Å²) in [6, 6.07) is 0. The molecule has 0 amide bonds. The van der Waals surface area contributed by atoms with Crippen LogP contribution in [0.5, 0.6) is 0 Å². The van der Waals surface area contributed by atoms with Gasteiger partial charge in [-0.2, -0.15) is 0 Å². The summed E-state index contributed by atoms with van der Waals surface area (Å²) < 4.78 is 0. The fourth-order valence-corrected chi connectivity index (χ4v) is 20.2. The standard InChI is InChI=1S/2C12H27P.2ClH.Ni/c2*1-10(2,3)13(11(4,5)6)12(7,8)9;;;/h2*1-9H3;2*1H;/q;;;;+2. The Bertz CT molecular complexity index is 328. The van der Waals surface area contributed by atoms with Crippen LogP contribution in [-0.4, -0.2) is 30.9 Å². The van der Waals surface area contributed by atoms with Gasteiger partial charge in [0.2, 0.25) is 0 Å². The molecule has 0 aromatic rings. The minimum absolute atomic E-state index is 0.391. The average Bonchev–Trinajstić information content (AvgIpc) is 2.14. The number of hydrogen-bond acceptors (Lipinski definition) is 0. The summed E-state index contributed by atoms with van der Waals surface area (Å²) in [7, 11) is 8.62. The topological polar surface area (TPSA) is 0 Å². The molecular weight excluding hydrogens is 480 g/mol. The van der Waals surface area contributed by atoms with Crippen molar-refractivity contribution in [1.82, 2.24) is 0 Å². The van der Waals surface area contributed by atoms with E-state index in [2.05, 4.69) is 125 Å². The zero-order chi connectivity index (χ0) is 24.9. The molecular formula is C24H56Cl2NiP2+2. The van der Waals surface area contributed by atoms with Gasteiger partial charge in [0.25, 0.3) is 0 Å². The summed E-state index contributed by atoms with van der Waals surface area (Å²) in [4.78, 5) is 0. The molecule has 0 spiro atoms. The second-order valence-electron chi connectivity index (χ2n) is 14.3. The SMILES string of the molecule is CC(C)(C)[PH+](C(C)(C)C)C(C)(C)C.CC(C)(C)[PH+](C(C)(C)C)C(C)(C)C.[Cl][Ni][Cl]. The van der Waals surface area contributed by atoms with E-state index >= 15 is 0 Å². The van der Waals surface area contributed by atoms with Gasteiger partial charge in [-0.15, -0.1) is 0 Å². The van der Waals surface area contributed by atoms with Crippen LogP contribution in [0.1, 0.15) is 125 Å². The van der Waals surface area contributed by atoms with Crippen LogP contribution in [0.25, 0.3) is 0 Å². The van der Waals surface area contributed by atoms with Gasteiger partial charge >= 0.3 is 33.0 Å².